The highest BCUT2D eigenvalue weighted by atomic mass is 32.2. The van der Waals surface area contributed by atoms with Gasteiger partial charge in [-0.3, -0.25) is 19.7 Å². The standard InChI is InChI=1S/C40H42N4O6S/c1-22(49-26-12-8-23(9-13-26)18-33-37(47)44-38(48)51-33)35-42-31-17-16-28(21-32(31)43-35)50-27-14-10-25(11-15-27)41-36(46)24-19-29(39(2,3)4)34(45)30(20-24)40(5,6)7/h8-17,19-22,33,45H,18H2,1-7H3,(H,41,46)(H,42,43)(H,44,47,48). The van der Waals surface area contributed by atoms with Crippen molar-refractivity contribution in [2.75, 3.05) is 5.32 Å². The topological polar surface area (TPSA) is 143 Å². The molecule has 1 saturated heterocycles. The maximum Gasteiger partial charge on any atom is 0.286 e. The van der Waals surface area contributed by atoms with Crippen LogP contribution in [0, 0.1) is 0 Å². The van der Waals surface area contributed by atoms with Gasteiger partial charge in [-0.05, 0) is 90.4 Å². The number of aromatic nitrogens is 2. The first kappa shape index (κ1) is 35.5. The normalized spacial score (nSPS) is 15.5. The van der Waals surface area contributed by atoms with Crippen LogP contribution in [0.5, 0.6) is 23.0 Å². The van der Waals surface area contributed by atoms with Gasteiger partial charge in [-0.2, -0.15) is 0 Å². The van der Waals surface area contributed by atoms with Gasteiger partial charge < -0.3 is 24.9 Å². The third kappa shape index (κ3) is 8.20. The minimum atomic E-state index is -0.415. The lowest BCUT2D eigenvalue weighted by Gasteiger charge is -2.28. The highest BCUT2D eigenvalue weighted by molar-refractivity contribution is 8.15. The Labute approximate surface area is 301 Å². The average molecular weight is 707 g/mol. The van der Waals surface area contributed by atoms with Gasteiger partial charge in [-0.25, -0.2) is 4.98 Å². The summed E-state index contributed by atoms with van der Waals surface area (Å²) in [6, 6.07) is 23.7. The number of phenolic OH excluding ortho intramolecular Hbond substituents is 1. The molecule has 4 aromatic carbocycles. The van der Waals surface area contributed by atoms with Crippen LogP contribution >= 0.6 is 11.8 Å². The van der Waals surface area contributed by atoms with Crippen LogP contribution in [0.1, 0.15) is 87.4 Å². The van der Waals surface area contributed by atoms with E-state index < -0.39 is 5.25 Å². The zero-order valence-corrected chi connectivity index (χ0v) is 30.5. The Morgan fingerprint density at radius 3 is 2.08 bits per heavy atom. The third-order valence-corrected chi connectivity index (χ3v) is 9.60. The second-order valence-corrected chi connectivity index (χ2v) is 16.0. The van der Waals surface area contributed by atoms with Gasteiger partial charge in [-0.15, -0.1) is 0 Å². The summed E-state index contributed by atoms with van der Waals surface area (Å²) in [7, 11) is 0. The second kappa shape index (κ2) is 13.8. The minimum absolute atomic E-state index is 0.233. The van der Waals surface area contributed by atoms with Gasteiger partial charge in [0.2, 0.25) is 5.91 Å². The van der Waals surface area contributed by atoms with E-state index in [1.54, 1.807) is 36.4 Å². The van der Waals surface area contributed by atoms with Crippen LogP contribution in [-0.2, 0) is 22.0 Å². The Balaban J connectivity index is 1.08. The highest BCUT2D eigenvalue weighted by Gasteiger charge is 2.31. The lowest BCUT2D eigenvalue weighted by molar-refractivity contribution is -0.118. The smallest absolute Gasteiger partial charge is 0.286 e. The molecule has 10 nitrogen and oxygen atoms in total. The molecule has 6 rings (SSSR count). The molecule has 1 fully saturated rings. The Bertz CT molecular complexity index is 2080. The number of phenols is 1. The molecule has 3 amide bonds. The predicted octanol–water partition coefficient (Wildman–Crippen LogP) is 8.94. The number of amides is 3. The Kier molecular flexibility index (Phi) is 9.61. The summed E-state index contributed by atoms with van der Waals surface area (Å²) in [5, 5.41) is 15.6. The molecule has 0 radical (unpaired) electrons. The number of hydrogen-bond acceptors (Lipinski definition) is 8. The molecule has 0 bridgehead atoms. The molecule has 2 atom stereocenters. The van der Waals surface area contributed by atoms with Crippen molar-refractivity contribution in [3.63, 3.8) is 0 Å². The lowest BCUT2D eigenvalue weighted by atomic mass is 9.78. The van der Waals surface area contributed by atoms with Crippen molar-refractivity contribution >= 4 is 45.5 Å². The van der Waals surface area contributed by atoms with Crippen LogP contribution in [0.25, 0.3) is 11.0 Å². The molecule has 11 heteroatoms. The third-order valence-electron chi connectivity index (χ3n) is 8.62. The quantitative estimate of drug-likeness (QED) is 0.119. The molecule has 1 aromatic heterocycles. The van der Waals surface area contributed by atoms with Crippen LogP contribution in [0.3, 0.4) is 0 Å². The van der Waals surface area contributed by atoms with Gasteiger partial charge in [0.05, 0.1) is 16.3 Å². The van der Waals surface area contributed by atoms with Gasteiger partial charge in [0, 0.05) is 28.4 Å². The molecule has 4 N–H and O–H groups in total. The predicted molar refractivity (Wildman–Crippen MR) is 200 cm³/mol. The summed E-state index contributed by atoms with van der Waals surface area (Å²) in [5.41, 5.74) is 4.35. The van der Waals surface area contributed by atoms with E-state index in [-0.39, 0.29) is 39.7 Å². The minimum Gasteiger partial charge on any atom is -0.507 e. The summed E-state index contributed by atoms with van der Waals surface area (Å²) in [6.07, 6.45) is 0.0936. The van der Waals surface area contributed by atoms with Crippen molar-refractivity contribution in [1.82, 2.24) is 15.3 Å². The van der Waals surface area contributed by atoms with E-state index in [1.807, 2.05) is 90.9 Å². The number of carbonyl (C=O) groups is 3. The SMILES string of the molecule is CC(Oc1ccc(CC2SC(=O)NC2=O)cc1)c1nc2ccc(Oc3ccc(NC(=O)c4cc(C(C)(C)C)c(O)c(C(C)(C)C)c4)cc3)cc2[nH]1. The van der Waals surface area contributed by atoms with Crippen LogP contribution in [0.4, 0.5) is 10.5 Å². The van der Waals surface area contributed by atoms with Crippen LogP contribution in [0.15, 0.2) is 78.9 Å². The molecule has 1 aliphatic rings. The fraction of sp³-hybridized carbons (Fsp3) is 0.300. The van der Waals surface area contributed by atoms with Crippen molar-refractivity contribution in [1.29, 1.82) is 0 Å². The maximum atomic E-state index is 13.4. The number of fused-ring (bicyclic) bond motifs is 1. The second-order valence-electron chi connectivity index (χ2n) is 14.8. The number of aromatic hydroxyl groups is 1. The van der Waals surface area contributed by atoms with Crippen molar-refractivity contribution in [2.45, 2.75) is 77.1 Å². The Hall–Kier alpha value is -5.29. The summed E-state index contributed by atoms with van der Waals surface area (Å²) in [5.74, 6) is 2.24. The van der Waals surface area contributed by atoms with E-state index in [1.165, 1.54) is 0 Å². The molecule has 1 aliphatic heterocycles. The Morgan fingerprint density at radius 1 is 0.882 bits per heavy atom. The van der Waals surface area contributed by atoms with Gasteiger partial charge >= 0.3 is 0 Å². The molecule has 264 valence electrons. The molecule has 0 spiro atoms. The molecule has 2 heterocycles. The fourth-order valence-corrected chi connectivity index (χ4v) is 6.68. The number of hydrogen-bond donors (Lipinski definition) is 4. The van der Waals surface area contributed by atoms with Crippen molar-refractivity contribution < 1.29 is 29.0 Å². The van der Waals surface area contributed by atoms with E-state index >= 15 is 0 Å². The molecule has 0 aliphatic carbocycles. The molecule has 5 aromatic rings. The number of aromatic amines is 1. The molecular formula is C40H42N4O6S. The first-order valence-corrected chi connectivity index (χ1v) is 17.7. The van der Waals surface area contributed by atoms with Gasteiger partial charge in [0.1, 0.15) is 28.8 Å². The van der Waals surface area contributed by atoms with Crippen LogP contribution in [-0.4, -0.2) is 37.4 Å². The summed E-state index contributed by atoms with van der Waals surface area (Å²) in [4.78, 5) is 44.7. The van der Waals surface area contributed by atoms with Crippen molar-refractivity contribution in [2.24, 2.45) is 0 Å². The van der Waals surface area contributed by atoms with Gasteiger partial charge in [0.15, 0.2) is 6.10 Å². The first-order chi connectivity index (χ1) is 24.0. The van der Waals surface area contributed by atoms with E-state index in [0.717, 1.165) is 39.5 Å². The first-order valence-electron chi connectivity index (χ1n) is 16.8. The number of imide groups is 1. The van der Waals surface area contributed by atoms with Crippen molar-refractivity contribution in [3.05, 3.63) is 107 Å². The van der Waals surface area contributed by atoms with Gasteiger partial charge in [-0.1, -0.05) is 65.4 Å². The Morgan fingerprint density at radius 2 is 1.49 bits per heavy atom. The van der Waals surface area contributed by atoms with Crippen molar-refractivity contribution in [3.8, 4) is 23.0 Å². The maximum absolute atomic E-state index is 13.4. The average Bonchev–Trinajstić information content (AvgIpc) is 3.63. The monoisotopic (exact) mass is 706 g/mol. The zero-order chi connectivity index (χ0) is 36.7. The highest BCUT2D eigenvalue weighted by Crippen LogP contribution is 2.40. The molecular weight excluding hydrogens is 665 g/mol. The summed E-state index contributed by atoms with van der Waals surface area (Å²) < 4.78 is 12.3. The molecule has 0 saturated carbocycles. The van der Waals surface area contributed by atoms with Crippen LogP contribution in [0.2, 0.25) is 0 Å². The molecule has 2 unspecified atom stereocenters. The van der Waals surface area contributed by atoms with E-state index in [4.69, 9.17) is 14.5 Å². The van der Waals surface area contributed by atoms with Gasteiger partial charge in [0.25, 0.3) is 11.1 Å². The zero-order valence-electron chi connectivity index (χ0n) is 29.7. The van der Waals surface area contributed by atoms with E-state index in [0.29, 0.717) is 40.7 Å². The van der Waals surface area contributed by atoms with E-state index in [9.17, 15) is 19.5 Å². The number of carbonyl (C=O) groups excluding carboxylic acids is 3. The summed E-state index contributed by atoms with van der Waals surface area (Å²) in [6.45, 7) is 14.0. The summed E-state index contributed by atoms with van der Waals surface area (Å²) >= 11 is 1.02. The number of imidazole rings is 1. The van der Waals surface area contributed by atoms with E-state index in [2.05, 4.69) is 15.6 Å². The number of H-pyrrole nitrogens is 1. The number of thioether (sulfide) groups is 1. The van der Waals surface area contributed by atoms with Crippen LogP contribution < -0.4 is 20.1 Å². The number of benzene rings is 4. The molecule has 51 heavy (non-hydrogen) atoms. The number of anilines is 1. The largest absolute Gasteiger partial charge is 0.507 e. The number of nitrogens with one attached hydrogen (secondary N) is 3. The fourth-order valence-electron chi connectivity index (χ4n) is 5.82. The number of nitrogens with zero attached hydrogens (tertiary/aromatic N) is 1. The lowest BCUT2D eigenvalue weighted by Crippen LogP contribution is -2.25. The number of rotatable bonds is 9. The number of ether oxygens (including phenoxy) is 2.